The first kappa shape index (κ1) is 15.5. The van der Waals surface area contributed by atoms with E-state index in [-0.39, 0.29) is 6.61 Å². The minimum absolute atomic E-state index is 0.177. The van der Waals surface area contributed by atoms with Gasteiger partial charge in [-0.15, -0.1) is 0 Å². The van der Waals surface area contributed by atoms with Gasteiger partial charge in [0, 0.05) is 29.9 Å². The summed E-state index contributed by atoms with van der Waals surface area (Å²) in [7, 11) is 0. The average molecular weight is 291 g/mol. The SMILES string of the molecule is CCNC1CCC2(CC1SCC(O)CO)OCCO2. The molecule has 19 heavy (non-hydrogen) atoms. The van der Waals surface area contributed by atoms with Crippen molar-refractivity contribution in [3.8, 4) is 0 Å². The van der Waals surface area contributed by atoms with Crippen molar-refractivity contribution in [2.75, 3.05) is 32.1 Å². The third-order valence-electron chi connectivity index (χ3n) is 3.79. The van der Waals surface area contributed by atoms with Gasteiger partial charge >= 0.3 is 0 Å². The number of rotatable bonds is 6. The van der Waals surface area contributed by atoms with Gasteiger partial charge in [0.25, 0.3) is 0 Å². The highest BCUT2D eigenvalue weighted by atomic mass is 32.2. The third kappa shape index (κ3) is 4.06. The summed E-state index contributed by atoms with van der Waals surface area (Å²) in [6.45, 7) is 4.24. The maximum absolute atomic E-state index is 9.51. The van der Waals surface area contributed by atoms with Crippen LogP contribution < -0.4 is 5.32 Å². The van der Waals surface area contributed by atoms with Gasteiger partial charge in [-0.05, 0) is 13.0 Å². The van der Waals surface area contributed by atoms with Crippen LogP contribution in [0.25, 0.3) is 0 Å². The first-order chi connectivity index (χ1) is 9.19. The van der Waals surface area contributed by atoms with Gasteiger partial charge in [-0.1, -0.05) is 6.92 Å². The Bertz CT molecular complexity index is 273. The molecule has 2 fully saturated rings. The molecule has 3 unspecified atom stereocenters. The summed E-state index contributed by atoms with van der Waals surface area (Å²) < 4.78 is 11.6. The second-order valence-electron chi connectivity index (χ2n) is 5.22. The Morgan fingerprint density at radius 1 is 1.42 bits per heavy atom. The molecule has 1 heterocycles. The number of aliphatic hydroxyl groups is 2. The van der Waals surface area contributed by atoms with Gasteiger partial charge in [0.05, 0.1) is 25.9 Å². The molecule has 1 aliphatic heterocycles. The molecule has 0 aromatic carbocycles. The average Bonchev–Trinajstić information content (AvgIpc) is 2.87. The van der Waals surface area contributed by atoms with Crippen LogP contribution in [0.1, 0.15) is 26.2 Å². The van der Waals surface area contributed by atoms with Gasteiger partial charge in [-0.2, -0.15) is 11.8 Å². The molecule has 3 N–H and O–H groups in total. The fourth-order valence-corrected chi connectivity index (χ4v) is 4.24. The van der Waals surface area contributed by atoms with Crippen LogP contribution >= 0.6 is 11.8 Å². The summed E-state index contributed by atoms with van der Waals surface area (Å²) in [5, 5.41) is 22.3. The van der Waals surface area contributed by atoms with E-state index in [0.717, 1.165) is 25.8 Å². The number of nitrogens with one attached hydrogen (secondary N) is 1. The molecule has 112 valence electrons. The standard InChI is InChI=1S/C13H25NO4S/c1-2-14-11-3-4-13(17-5-6-18-13)7-12(11)19-9-10(16)8-15/h10-12,14-16H,2-9H2,1H3. The van der Waals surface area contributed by atoms with Crippen molar-refractivity contribution in [1.29, 1.82) is 0 Å². The highest BCUT2D eigenvalue weighted by molar-refractivity contribution is 8.00. The van der Waals surface area contributed by atoms with E-state index in [1.165, 1.54) is 0 Å². The predicted molar refractivity (Wildman–Crippen MR) is 75.3 cm³/mol. The number of aliphatic hydroxyl groups excluding tert-OH is 2. The van der Waals surface area contributed by atoms with Crippen LogP contribution in [0.2, 0.25) is 0 Å². The van der Waals surface area contributed by atoms with Gasteiger partial charge in [-0.3, -0.25) is 0 Å². The van der Waals surface area contributed by atoms with E-state index in [2.05, 4.69) is 12.2 Å². The molecule has 2 aliphatic rings. The molecule has 5 nitrogen and oxygen atoms in total. The van der Waals surface area contributed by atoms with Crippen LogP contribution in [0.3, 0.4) is 0 Å². The summed E-state index contributed by atoms with van der Waals surface area (Å²) in [5.74, 6) is 0.160. The lowest BCUT2D eigenvalue weighted by molar-refractivity contribution is -0.178. The minimum atomic E-state index is -0.643. The largest absolute Gasteiger partial charge is 0.394 e. The monoisotopic (exact) mass is 291 g/mol. The van der Waals surface area contributed by atoms with Gasteiger partial charge in [0.1, 0.15) is 0 Å². The molecule has 3 atom stereocenters. The molecule has 0 bridgehead atoms. The van der Waals surface area contributed by atoms with E-state index < -0.39 is 11.9 Å². The number of hydrogen-bond acceptors (Lipinski definition) is 6. The maximum atomic E-state index is 9.51. The molecule has 1 saturated carbocycles. The van der Waals surface area contributed by atoms with Crippen LogP contribution in [-0.2, 0) is 9.47 Å². The first-order valence-electron chi connectivity index (χ1n) is 7.11. The van der Waals surface area contributed by atoms with E-state index in [4.69, 9.17) is 14.6 Å². The van der Waals surface area contributed by atoms with E-state index >= 15 is 0 Å². The lowest BCUT2D eigenvalue weighted by Crippen LogP contribution is -2.50. The van der Waals surface area contributed by atoms with Gasteiger partial charge in [0.2, 0.25) is 0 Å². The smallest absolute Gasteiger partial charge is 0.169 e. The molecule has 1 saturated heterocycles. The Kier molecular flexibility index (Phi) is 5.92. The van der Waals surface area contributed by atoms with Crippen molar-refractivity contribution in [2.45, 2.75) is 49.4 Å². The fourth-order valence-electron chi connectivity index (χ4n) is 2.83. The van der Waals surface area contributed by atoms with E-state index in [0.29, 0.717) is 30.3 Å². The van der Waals surface area contributed by atoms with Crippen molar-refractivity contribution in [3.05, 3.63) is 0 Å². The fraction of sp³-hybridized carbons (Fsp3) is 1.00. The Hall–Kier alpha value is 0.150. The zero-order valence-electron chi connectivity index (χ0n) is 11.5. The van der Waals surface area contributed by atoms with Crippen LogP contribution in [0, 0.1) is 0 Å². The van der Waals surface area contributed by atoms with Crippen LogP contribution in [0.15, 0.2) is 0 Å². The number of hydrogen-bond donors (Lipinski definition) is 3. The second-order valence-corrected chi connectivity index (χ2v) is 6.49. The highest BCUT2D eigenvalue weighted by Gasteiger charge is 2.45. The molecule has 0 aromatic rings. The Morgan fingerprint density at radius 3 is 2.79 bits per heavy atom. The summed E-state index contributed by atoms with van der Waals surface area (Å²) in [4.78, 5) is 0. The van der Waals surface area contributed by atoms with Crippen molar-refractivity contribution >= 4 is 11.8 Å². The van der Waals surface area contributed by atoms with E-state index in [1.807, 2.05) is 0 Å². The van der Waals surface area contributed by atoms with E-state index in [1.54, 1.807) is 11.8 Å². The van der Waals surface area contributed by atoms with Crippen LogP contribution in [-0.4, -0.2) is 65.5 Å². The second kappa shape index (κ2) is 7.24. The molecular weight excluding hydrogens is 266 g/mol. The Labute approximate surface area is 119 Å². The molecular formula is C13H25NO4S. The predicted octanol–water partition coefficient (Wildman–Crippen LogP) is 0.346. The molecule has 6 heteroatoms. The topological polar surface area (TPSA) is 71.0 Å². The summed E-state index contributed by atoms with van der Waals surface area (Å²) in [6.07, 6.45) is 2.17. The highest BCUT2D eigenvalue weighted by Crippen LogP contribution is 2.40. The maximum Gasteiger partial charge on any atom is 0.169 e. The molecule has 2 rings (SSSR count). The molecule has 0 amide bonds. The van der Waals surface area contributed by atoms with E-state index in [9.17, 15) is 5.11 Å². The summed E-state index contributed by atoms with van der Waals surface area (Å²) >= 11 is 1.71. The Morgan fingerprint density at radius 2 is 2.16 bits per heavy atom. The molecule has 1 aliphatic carbocycles. The van der Waals surface area contributed by atoms with Crippen molar-refractivity contribution < 1.29 is 19.7 Å². The van der Waals surface area contributed by atoms with Gasteiger partial charge < -0.3 is 25.0 Å². The van der Waals surface area contributed by atoms with Gasteiger partial charge in [-0.25, -0.2) is 0 Å². The summed E-state index contributed by atoms with van der Waals surface area (Å²) in [6, 6.07) is 0.430. The normalized spacial score (nSPS) is 31.7. The lowest BCUT2D eigenvalue weighted by atomic mass is 9.89. The first-order valence-corrected chi connectivity index (χ1v) is 8.16. The van der Waals surface area contributed by atoms with Crippen molar-refractivity contribution in [1.82, 2.24) is 5.32 Å². The van der Waals surface area contributed by atoms with Crippen LogP contribution in [0.5, 0.6) is 0 Å². The molecule has 0 aromatic heterocycles. The van der Waals surface area contributed by atoms with Crippen molar-refractivity contribution in [2.24, 2.45) is 0 Å². The molecule has 0 radical (unpaired) electrons. The van der Waals surface area contributed by atoms with Crippen molar-refractivity contribution in [3.63, 3.8) is 0 Å². The van der Waals surface area contributed by atoms with Crippen LogP contribution in [0.4, 0.5) is 0 Å². The summed E-state index contributed by atoms with van der Waals surface area (Å²) in [5.41, 5.74) is 0. The lowest BCUT2D eigenvalue weighted by Gasteiger charge is -2.41. The quantitative estimate of drug-likeness (QED) is 0.656. The third-order valence-corrected chi connectivity index (χ3v) is 5.29. The zero-order chi connectivity index (χ0) is 13.7. The minimum Gasteiger partial charge on any atom is -0.394 e. The zero-order valence-corrected chi connectivity index (χ0v) is 12.3. The van der Waals surface area contributed by atoms with Gasteiger partial charge in [0.15, 0.2) is 5.79 Å². The molecule has 1 spiro atoms. The number of thioether (sulfide) groups is 1. The number of ether oxygens (including phenoxy) is 2. The Balaban J connectivity index is 1.92.